The Balaban J connectivity index is 0. The van der Waals surface area contributed by atoms with Crippen LogP contribution in [0.3, 0.4) is 0 Å². The van der Waals surface area contributed by atoms with Gasteiger partial charge in [-0.1, -0.05) is 90.9 Å². The molecular weight excluding hydrogens is 414 g/mol. The summed E-state index contributed by atoms with van der Waals surface area (Å²) in [7, 11) is 4.87. The van der Waals surface area contributed by atoms with Crippen LogP contribution in [0.5, 0.6) is 0 Å². The normalized spacial score (nSPS) is 11.2. The Labute approximate surface area is 205 Å². The molecule has 0 aromatic carbocycles. The van der Waals surface area contributed by atoms with E-state index in [4.69, 9.17) is 5.11 Å². The predicted octanol–water partition coefficient (Wildman–Crippen LogP) is 6.73. The Morgan fingerprint density at radius 1 is 0.576 bits per heavy atom. The van der Waals surface area contributed by atoms with E-state index in [1.54, 1.807) is 0 Å². The van der Waals surface area contributed by atoms with E-state index in [-0.39, 0.29) is 12.8 Å². The predicted molar refractivity (Wildman–Crippen MR) is 138 cm³/mol. The molecule has 0 bridgehead atoms. The summed E-state index contributed by atoms with van der Waals surface area (Å²) < 4.78 is 1.24. The van der Waals surface area contributed by atoms with Gasteiger partial charge in [0.15, 0.2) is 0 Å². The second kappa shape index (κ2) is 25.5. The molecule has 33 heavy (non-hydrogen) atoms. The summed E-state index contributed by atoms with van der Waals surface area (Å²) in [4.78, 5) is 19.7. The van der Waals surface area contributed by atoms with Gasteiger partial charge in [-0.15, -0.1) is 0 Å². The molecule has 0 aliphatic carbocycles. The van der Waals surface area contributed by atoms with Gasteiger partial charge >= 0.3 is 5.97 Å². The average Bonchev–Trinajstić information content (AvgIpc) is 2.75. The van der Waals surface area contributed by atoms with Crippen molar-refractivity contribution in [2.45, 2.75) is 142 Å². The van der Waals surface area contributed by atoms with Gasteiger partial charge in [0.05, 0.1) is 27.2 Å². The Bertz CT molecular complexity index is 400. The topological polar surface area (TPSA) is 77.4 Å². The van der Waals surface area contributed by atoms with Crippen LogP contribution in [0.1, 0.15) is 142 Å². The van der Waals surface area contributed by atoms with Crippen LogP contribution >= 0.6 is 0 Å². The van der Waals surface area contributed by atoms with Crippen molar-refractivity contribution in [3.63, 3.8) is 0 Å². The highest BCUT2D eigenvalue weighted by Crippen LogP contribution is 2.13. The maximum absolute atomic E-state index is 9.88. The number of rotatable bonds is 23. The molecule has 0 spiro atoms. The number of aliphatic carboxylic acids is 2. The fraction of sp³-hybridized carbons (Fsp3) is 0.929. The standard InChI is InChI=1S/C22H48N.C6H10O4/c1-5-7-9-11-13-15-17-19-21-23(3,4)22-20-18-16-14-12-10-8-6-2;7-5(8)3-1-2-4-6(9)10/h5-22H2,1-4H3;1-4H2,(H,7,8)(H,9,10)/q+1;/p-1. The minimum absolute atomic E-state index is 0.0350. The van der Waals surface area contributed by atoms with Crippen LogP contribution in [-0.4, -0.2) is 48.7 Å². The van der Waals surface area contributed by atoms with Gasteiger partial charge in [-0.05, 0) is 44.9 Å². The Morgan fingerprint density at radius 2 is 0.909 bits per heavy atom. The monoisotopic (exact) mass is 471 g/mol. The third kappa shape index (κ3) is 33.2. The SMILES string of the molecule is CCCCCCCCCC[N+](C)(C)CCCCCCCCCC.O=C([O-])CCCCC(=O)O. The summed E-state index contributed by atoms with van der Waals surface area (Å²) in [5, 5.41) is 17.9. The van der Waals surface area contributed by atoms with E-state index in [2.05, 4.69) is 27.9 Å². The summed E-state index contributed by atoms with van der Waals surface area (Å²) >= 11 is 0. The van der Waals surface area contributed by atoms with Crippen LogP contribution in [0, 0.1) is 0 Å². The van der Waals surface area contributed by atoms with Crippen LogP contribution in [0.2, 0.25) is 0 Å². The second-order valence-electron chi connectivity index (χ2n) is 10.3. The van der Waals surface area contributed by atoms with E-state index in [0.717, 1.165) is 0 Å². The number of hydrogen-bond donors (Lipinski definition) is 1. The van der Waals surface area contributed by atoms with E-state index in [1.807, 2.05) is 0 Å². The first-order valence-corrected chi connectivity index (χ1v) is 14.0. The molecule has 5 nitrogen and oxygen atoms in total. The largest absolute Gasteiger partial charge is 0.550 e. The molecule has 198 valence electrons. The summed E-state index contributed by atoms with van der Waals surface area (Å²) in [5.74, 6) is -2.01. The van der Waals surface area contributed by atoms with Crippen LogP contribution < -0.4 is 5.11 Å². The number of carboxylic acids is 2. The fourth-order valence-electron chi connectivity index (χ4n) is 4.00. The van der Waals surface area contributed by atoms with Gasteiger partial charge in [0.2, 0.25) is 0 Å². The van der Waals surface area contributed by atoms with Gasteiger partial charge < -0.3 is 19.5 Å². The molecule has 0 radical (unpaired) electrons. The van der Waals surface area contributed by atoms with E-state index >= 15 is 0 Å². The third-order valence-corrected chi connectivity index (χ3v) is 6.26. The Morgan fingerprint density at radius 3 is 1.24 bits per heavy atom. The molecule has 0 unspecified atom stereocenters. The lowest BCUT2D eigenvalue weighted by Gasteiger charge is -2.30. The van der Waals surface area contributed by atoms with E-state index in [9.17, 15) is 14.7 Å². The first-order valence-electron chi connectivity index (χ1n) is 14.0. The van der Waals surface area contributed by atoms with Crippen molar-refractivity contribution in [1.29, 1.82) is 0 Å². The van der Waals surface area contributed by atoms with E-state index in [0.29, 0.717) is 12.8 Å². The van der Waals surface area contributed by atoms with Crippen molar-refractivity contribution in [2.24, 2.45) is 0 Å². The first-order chi connectivity index (χ1) is 15.7. The maximum Gasteiger partial charge on any atom is 0.303 e. The minimum atomic E-state index is -1.12. The highest BCUT2D eigenvalue weighted by Gasteiger charge is 2.13. The Kier molecular flexibility index (Phi) is 26.3. The van der Waals surface area contributed by atoms with Gasteiger partial charge in [0.25, 0.3) is 0 Å². The van der Waals surface area contributed by atoms with Crippen molar-refractivity contribution in [3.8, 4) is 0 Å². The number of quaternary nitrogens is 1. The van der Waals surface area contributed by atoms with Crippen molar-refractivity contribution < 1.29 is 24.3 Å². The molecule has 0 fully saturated rings. The maximum atomic E-state index is 9.88. The highest BCUT2D eigenvalue weighted by molar-refractivity contribution is 5.67. The smallest absolute Gasteiger partial charge is 0.303 e. The molecule has 0 saturated heterocycles. The van der Waals surface area contributed by atoms with Crippen molar-refractivity contribution >= 4 is 11.9 Å². The molecule has 0 rings (SSSR count). The lowest BCUT2D eigenvalue weighted by atomic mass is 10.1. The lowest BCUT2D eigenvalue weighted by molar-refractivity contribution is -0.890. The molecule has 0 atom stereocenters. The summed E-state index contributed by atoms with van der Waals surface area (Å²) in [6.07, 6.45) is 23.8. The van der Waals surface area contributed by atoms with E-state index in [1.165, 1.54) is 120 Å². The number of carboxylic acid groups (broad SMARTS) is 2. The molecule has 0 aromatic heterocycles. The molecule has 1 N–H and O–H groups in total. The van der Waals surface area contributed by atoms with Crippen molar-refractivity contribution in [2.75, 3.05) is 27.2 Å². The summed E-state index contributed by atoms with van der Waals surface area (Å²) in [5.41, 5.74) is 0. The van der Waals surface area contributed by atoms with Gasteiger partial charge in [-0.2, -0.15) is 0 Å². The molecular formula is C28H57NO4. The first kappa shape index (κ1) is 34.1. The molecule has 0 saturated carbocycles. The molecule has 0 aromatic rings. The molecule has 5 heteroatoms. The quantitative estimate of drug-likeness (QED) is 0.132. The minimum Gasteiger partial charge on any atom is -0.550 e. The summed E-state index contributed by atoms with van der Waals surface area (Å²) in [6.45, 7) is 7.36. The van der Waals surface area contributed by atoms with Crippen LogP contribution in [0.15, 0.2) is 0 Å². The second-order valence-corrected chi connectivity index (χ2v) is 10.3. The van der Waals surface area contributed by atoms with Crippen LogP contribution in [0.4, 0.5) is 0 Å². The number of unbranched alkanes of at least 4 members (excludes halogenated alkanes) is 15. The van der Waals surface area contributed by atoms with Crippen LogP contribution in [-0.2, 0) is 9.59 Å². The third-order valence-electron chi connectivity index (χ3n) is 6.26. The lowest BCUT2D eigenvalue weighted by Crippen LogP contribution is -2.41. The number of carbonyl (C=O) groups excluding carboxylic acids is 1. The van der Waals surface area contributed by atoms with Gasteiger partial charge in [-0.3, -0.25) is 4.79 Å². The zero-order valence-corrected chi connectivity index (χ0v) is 22.7. The number of carbonyl (C=O) groups is 2. The van der Waals surface area contributed by atoms with Crippen molar-refractivity contribution in [1.82, 2.24) is 0 Å². The zero-order valence-electron chi connectivity index (χ0n) is 22.7. The number of hydrogen-bond acceptors (Lipinski definition) is 3. The molecule has 0 aliphatic rings. The highest BCUT2D eigenvalue weighted by atomic mass is 16.4. The Hall–Kier alpha value is -1.10. The van der Waals surface area contributed by atoms with Crippen molar-refractivity contribution in [3.05, 3.63) is 0 Å². The van der Waals surface area contributed by atoms with E-state index < -0.39 is 11.9 Å². The van der Waals surface area contributed by atoms with Gasteiger partial charge in [0, 0.05) is 12.4 Å². The van der Waals surface area contributed by atoms with Gasteiger partial charge in [0.1, 0.15) is 0 Å². The molecule has 0 aliphatic heterocycles. The summed E-state index contributed by atoms with van der Waals surface area (Å²) in [6, 6.07) is 0. The fourth-order valence-corrected chi connectivity index (χ4v) is 4.00. The van der Waals surface area contributed by atoms with Crippen LogP contribution in [0.25, 0.3) is 0 Å². The zero-order chi connectivity index (χ0) is 25.2. The van der Waals surface area contributed by atoms with Gasteiger partial charge in [-0.25, -0.2) is 0 Å². The molecule has 0 amide bonds. The number of nitrogens with zero attached hydrogens (tertiary/aromatic N) is 1. The average molecular weight is 472 g/mol. The molecule has 0 heterocycles.